The fraction of sp³-hybridized carbons (Fsp3) is 0.227. The molecule has 3 heteroatoms. The van der Waals surface area contributed by atoms with Gasteiger partial charge < -0.3 is 4.90 Å². The summed E-state index contributed by atoms with van der Waals surface area (Å²) in [7, 11) is 4.00. The first-order chi connectivity index (χ1) is 12.0. The van der Waals surface area contributed by atoms with Crippen LogP contribution < -0.4 is 4.90 Å². The van der Waals surface area contributed by atoms with Gasteiger partial charge in [-0.25, -0.2) is 4.39 Å². The van der Waals surface area contributed by atoms with Gasteiger partial charge in [-0.15, -0.1) is 0 Å². The minimum atomic E-state index is -0.293. The molecule has 1 aliphatic carbocycles. The molecule has 128 valence electrons. The first-order valence-electron chi connectivity index (χ1n) is 8.52. The number of hydrogen-bond donors (Lipinski definition) is 0. The first kappa shape index (κ1) is 17.2. The Hall–Kier alpha value is -2.68. The van der Waals surface area contributed by atoms with E-state index in [0.29, 0.717) is 17.6 Å². The molecule has 25 heavy (non-hydrogen) atoms. The summed E-state index contributed by atoms with van der Waals surface area (Å²) < 4.78 is 13.8. The molecule has 0 N–H and O–H groups in total. The van der Waals surface area contributed by atoms with Crippen molar-refractivity contribution in [3.63, 3.8) is 0 Å². The van der Waals surface area contributed by atoms with Crippen molar-refractivity contribution in [3.8, 4) is 0 Å². The predicted molar refractivity (Wildman–Crippen MR) is 102 cm³/mol. The van der Waals surface area contributed by atoms with E-state index < -0.39 is 0 Å². The molecule has 3 rings (SSSR count). The summed E-state index contributed by atoms with van der Waals surface area (Å²) in [6, 6.07) is 14.7. The number of ketones is 1. The molecule has 1 aliphatic rings. The molecule has 2 nitrogen and oxygen atoms in total. The zero-order valence-electron chi connectivity index (χ0n) is 14.6. The number of carbonyl (C=O) groups is 1. The van der Waals surface area contributed by atoms with Crippen molar-refractivity contribution >= 4 is 23.6 Å². The predicted octanol–water partition coefficient (Wildman–Crippen LogP) is 5.11. The molecule has 2 aromatic carbocycles. The number of carbonyl (C=O) groups excluding carboxylic acids is 1. The Morgan fingerprint density at radius 3 is 2.20 bits per heavy atom. The lowest BCUT2D eigenvalue weighted by Gasteiger charge is -2.17. The second-order valence-corrected chi connectivity index (χ2v) is 6.53. The van der Waals surface area contributed by atoms with E-state index in [1.165, 1.54) is 6.07 Å². The molecule has 0 atom stereocenters. The summed E-state index contributed by atoms with van der Waals surface area (Å²) in [5.74, 6) is -0.260. The van der Waals surface area contributed by atoms with Gasteiger partial charge in [0.05, 0.1) is 0 Å². The van der Waals surface area contributed by atoms with Crippen LogP contribution in [0.5, 0.6) is 0 Å². The van der Waals surface area contributed by atoms with E-state index in [9.17, 15) is 9.18 Å². The number of rotatable bonds is 3. The molecule has 0 aromatic heterocycles. The average Bonchev–Trinajstić information content (AvgIpc) is 2.61. The van der Waals surface area contributed by atoms with Gasteiger partial charge in [-0.1, -0.05) is 30.3 Å². The van der Waals surface area contributed by atoms with Crippen molar-refractivity contribution in [1.82, 2.24) is 0 Å². The Kier molecular flexibility index (Phi) is 5.13. The summed E-state index contributed by atoms with van der Waals surface area (Å²) in [4.78, 5) is 14.8. The lowest BCUT2D eigenvalue weighted by atomic mass is 9.87. The molecule has 0 aliphatic heterocycles. The van der Waals surface area contributed by atoms with Crippen molar-refractivity contribution in [3.05, 3.63) is 76.6 Å². The number of hydrogen-bond acceptors (Lipinski definition) is 2. The molecule has 1 fully saturated rings. The van der Waals surface area contributed by atoms with E-state index in [1.54, 1.807) is 24.3 Å². The van der Waals surface area contributed by atoms with Crippen LogP contribution in [0.15, 0.2) is 59.7 Å². The van der Waals surface area contributed by atoms with E-state index in [-0.39, 0.29) is 11.6 Å². The Morgan fingerprint density at radius 2 is 1.56 bits per heavy atom. The highest BCUT2D eigenvalue weighted by Crippen LogP contribution is 2.28. The third-order valence-electron chi connectivity index (χ3n) is 4.46. The van der Waals surface area contributed by atoms with Gasteiger partial charge in [0, 0.05) is 36.5 Å². The van der Waals surface area contributed by atoms with Crippen LogP contribution in [-0.4, -0.2) is 19.9 Å². The molecule has 0 unspecified atom stereocenters. The second-order valence-electron chi connectivity index (χ2n) is 6.53. The smallest absolute Gasteiger partial charge is 0.185 e. The minimum absolute atomic E-state index is 0.0335. The largest absolute Gasteiger partial charge is 0.378 e. The molecule has 0 radical (unpaired) electrons. The molecule has 0 heterocycles. The van der Waals surface area contributed by atoms with E-state index >= 15 is 0 Å². The quantitative estimate of drug-likeness (QED) is 0.726. The van der Waals surface area contributed by atoms with Crippen LogP contribution in [0.3, 0.4) is 0 Å². The third-order valence-corrected chi connectivity index (χ3v) is 4.46. The molecule has 0 saturated heterocycles. The second kappa shape index (κ2) is 7.47. The lowest BCUT2D eigenvalue weighted by Crippen LogP contribution is -2.12. The lowest BCUT2D eigenvalue weighted by molar-refractivity contribution is -0.112. The van der Waals surface area contributed by atoms with E-state index in [1.807, 2.05) is 49.3 Å². The van der Waals surface area contributed by atoms with Crippen LogP contribution >= 0.6 is 0 Å². The molecular weight excluding hydrogens is 313 g/mol. The number of Topliss-reactive ketones (excluding diaryl/α,β-unsaturated/α-hetero) is 1. The van der Waals surface area contributed by atoms with Crippen LogP contribution in [0.1, 0.15) is 30.4 Å². The number of halogens is 1. The maximum absolute atomic E-state index is 13.8. The van der Waals surface area contributed by atoms with Crippen LogP contribution in [-0.2, 0) is 4.79 Å². The van der Waals surface area contributed by atoms with Crippen LogP contribution in [0, 0.1) is 5.82 Å². The Morgan fingerprint density at radius 1 is 0.920 bits per heavy atom. The SMILES string of the molecule is CN(C)c1ccc(/C=C2\CCC/C(=C\c3ccccc3F)C2=O)cc1. The molecule has 2 aromatic rings. The van der Waals surface area contributed by atoms with Gasteiger partial charge >= 0.3 is 0 Å². The van der Waals surface area contributed by atoms with Crippen LogP contribution in [0.2, 0.25) is 0 Å². The van der Waals surface area contributed by atoms with Crippen molar-refractivity contribution in [1.29, 1.82) is 0 Å². The Labute approximate surface area is 148 Å². The monoisotopic (exact) mass is 335 g/mol. The van der Waals surface area contributed by atoms with Gasteiger partial charge in [0.1, 0.15) is 5.82 Å². The summed E-state index contributed by atoms with van der Waals surface area (Å²) in [6.07, 6.45) is 6.02. The third kappa shape index (κ3) is 4.05. The number of benzene rings is 2. The maximum atomic E-state index is 13.8. The summed E-state index contributed by atoms with van der Waals surface area (Å²) >= 11 is 0. The minimum Gasteiger partial charge on any atom is -0.378 e. The van der Waals surface area contributed by atoms with E-state index in [2.05, 4.69) is 0 Å². The molecule has 1 saturated carbocycles. The molecule has 0 amide bonds. The zero-order chi connectivity index (χ0) is 17.8. The van der Waals surface area contributed by atoms with Crippen molar-refractivity contribution in [2.75, 3.05) is 19.0 Å². The summed E-state index contributed by atoms with van der Waals surface area (Å²) in [5, 5.41) is 0. The average molecular weight is 335 g/mol. The van der Waals surface area contributed by atoms with Gasteiger partial charge in [-0.3, -0.25) is 4.79 Å². The first-order valence-corrected chi connectivity index (χ1v) is 8.52. The number of nitrogens with zero attached hydrogens (tertiary/aromatic N) is 1. The van der Waals surface area contributed by atoms with Crippen LogP contribution in [0.4, 0.5) is 10.1 Å². The summed E-state index contributed by atoms with van der Waals surface area (Å²) in [5.41, 5.74) is 4.10. The standard InChI is InChI=1S/C22H22FNO/c1-24(2)20-12-10-16(11-13-20)14-18-7-5-8-19(22(18)25)15-17-6-3-4-9-21(17)23/h3-4,6,9-15H,5,7-8H2,1-2H3/b18-14+,19-15+. The maximum Gasteiger partial charge on any atom is 0.185 e. The van der Waals surface area contributed by atoms with Crippen molar-refractivity contribution in [2.24, 2.45) is 0 Å². The topological polar surface area (TPSA) is 20.3 Å². The van der Waals surface area contributed by atoms with Crippen molar-refractivity contribution < 1.29 is 9.18 Å². The fourth-order valence-corrected chi connectivity index (χ4v) is 3.03. The molecular formula is C22H22FNO. The van der Waals surface area contributed by atoms with Gasteiger partial charge in [0.15, 0.2) is 5.78 Å². The van der Waals surface area contributed by atoms with Gasteiger partial charge in [-0.2, -0.15) is 0 Å². The normalized spacial score (nSPS) is 18.0. The van der Waals surface area contributed by atoms with Crippen molar-refractivity contribution in [2.45, 2.75) is 19.3 Å². The van der Waals surface area contributed by atoms with Gasteiger partial charge in [-0.05, 0) is 55.2 Å². The number of allylic oxidation sites excluding steroid dienone is 2. The Bertz CT molecular complexity index is 831. The highest BCUT2D eigenvalue weighted by molar-refractivity contribution is 6.13. The van der Waals surface area contributed by atoms with E-state index in [0.717, 1.165) is 29.7 Å². The Balaban J connectivity index is 1.86. The highest BCUT2D eigenvalue weighted by atomic mass is 19.1. The highest BCUT2D eigenvalue weighted by Gasteiger charge is 2.20. The molecule has 0 spiro atoms. The number of anilines is 1. The fourth-order valence-electron chi connectivity index (χ4n) is 3.03. The van der Waals surface area contributed by atoms with Gasteiger partial charge in [0.2, 0.25) is 0 Å². The van der Waals surface area contributed by atoms with E-state index in [4.69, 9.17) is 0 Å². The van der Waals surface area contributed by atoms with Gasteiger partial charge in [0.25, 0.3) is 0 Å². The summed E-state index contributed by atoms with van der Waals surface area (Å²) in [6.45, 7) is 0. The zero-order valence-corrected chi connectivity index (χ0v) is 14.6. The molecule has 0 bridgehead atoms. The van der Waals surface area contributed by atoms with Crippen LogP contribution in [0.25, 0.3) is 12.2 Å².